The first-order valence-corrected chi connectivity index (χ1v) is 11.4. The SMILES string of the molecule is CCCCCOc1ccc(C(=O)N(C)C2CCN(C)CC2)cc1OCCCCC. The molecule has 0 bridgehead atoms. The fraction of sp³-hybridized carbons (Fsp3) is 0.708. The van der Waals surface area contributed by atoms with Crippen LogP contribution in [0, 0.1) is 0 Å². The molecular formula is C24H40N2O3. The predicted molar refractivity (Wildman–Crippen MR) is 119 cm³/mol. The Morgan fingerprint density at radius 3 is 2.17 bits per heavy atom. The molecule has 1 heterocycles. The third-order valence-electron chi connectivity index (χ3n) is 5.76. The summed E-state index contributed by atoms with van der Waals surface area (Å²) in [6.45, 7) is 7.78. The Morgan fingerprint density at radius 1 is 1.00 bits per heavy atom. The van der Waals surface area contributed by atoms with Crippen molar-refractivity contribution in [3.8, 4) is 11.5 Å². The van der Waals surface area contributed by atoms with E-state index < -0.39 is 0 Å². The number of ether oxygens (including phenoxy) is 2. The fourth-order valence-electron chi connectivity index (χ4n) is 3.69. The zero-order valence-electron chi connectivity index (χ0n) is 18.9. The number of hydrogen-bond donors (Lipinski definition) is 0. The van der Waals surface area contributed by atoms with E-state index in [-0.39, 0.29) is 5.91 Å². The maximum absolute atomic E-state index is 13.1. The van der Waals surface area contributed by atoms with E-state index in [2.05, 4.69) is 25.8 Å². The summed E-state index contributed by atoms with van der Waals surface area (Å²) in [4.78, 5) is 17.3. The Morgan fingerprint density at radius 2 is 1.59 bits per heavy atom. The van der Waals surface area contributed by atoms with Crippen LogP contribution in [0.25, 0.3) is 0 Å². The molecule has 1 aliphatic heterocycles. The van der Waals surface area contributed by atoms with E-state index in [0.29, 0.717) is 30.6 Å². The molecule has 5 heteroatoms. The van der Waals surface area contributed by atoms with Gasteiger partial charge in [0.2, 0.25) is 0 Å². The molecular weight excluding hydrogens is 364 g/mol. The van der Waals surface area contributed by atoms with Crippen molar-refractivity contribution in [2.75, 3.05) is 40.4 Å². The summed E-state index contributed by atoms with van der Waals surface area (Å²) in [6.07, 6.45) is 8.72. The molecule has 1 aromatic rings. The number of amides is 1. The molecule has 164 valence electrons. The number of unbranched alkanes of at least 4 members (excludes halogenated alkanes) is 4. The van der Waals surface area contributed by atoms with Crippen molar-refractivity contribution in [2.45, 2.75) is 71.3 Å². The van der Waals surface area contributed by atoms with E-state index in [1.165, 1.54) is 6.42 Å². The zero-order chi connectivity index (χ0) is 21.1. The third kappa shape index (κ3) is 7.54. The van der Waals surface area contributed by atoms with E-state index in [1.54, 1.807) is 0 Å². The van der Waals surface area contributed by atoms with Crippen LogP contribution in [0.2, 0.25) is 0 Å². The maximum Gasteiger partial charge on any atom is 0.253 e. The molecule has 0 saturated carbocycles. The molecule has 1 fully saturated rings. The average molecular weight is 405 g/mol. The lowest BCUT2D eigenvalue weighted by atomic mass is 10.0. The number of carbonyl (C=O) groups is 1. The van der Waals surface area contributed by atoms with Gasteiger partial charge in [0.1, 0.15) is 0 Å². The van der Waals surface area contributed by atoms with Gasteiger partial charge in [-0.15, -0.1) is 0 Å². The summed E-state index contributed by atoms with van der Waals surface area (Å²) in [5, 5.41) is 0. The van der Waals surface area contributed by atoms with Gasteiger partial charge in [-0.2, -0.15) is 0 Å². The van der Waals surface area contributed by atoms with Crippen molar-refractivity contribution in [1.29, 1.82) is 0 Å². The van der Waals surface area contributed by atoms with Gasteiger partial charge < -0.3 is 19.3 Å². The molecule has 0 radical (unpaired) electrons. The van der Waals surface area contributed by atoms with Gasteiger partial charge in [-0.3, -0.25) is 4.79 Å². The minimum atomic E-state index is 0.0653. The monoisotopic (exact) mass is 404 g/mol. The molecule has 2 rings (SSSR count). The molecule has 0 aliphatic carbocycles. The summed E-state index contributed by atoms with van der Waals surface area (Å²) in [5.41, 5.74) is 0.679. The van der Waals surface area contributed by atoms with Gasteiger partial charge in [-0.05, 0) is 64.0 Å². The summed E-state index contributed by atoms with van der Waals surface area (Å²) in [5.74, 6) is 1.51. The topological polar surface area (TPSA) is 42.0 Å². The first kappa shape index (κ1) is 23.5. The number of carbonyl (C=O) groups excluding carboxylic acids is 1. The Labute approximate surface area is 177 Å². The van der Waals surface area contributed by atoms with Gasteiger partial charge in [0.25, 0.3) is 5.91 Å². The molecule has 0 unspecified atom stereocenters. The largest absolute Gasteiger partial charge is 0.490 e. The maximum atomic E-state index is 13.1. The fourth-order valence-corrected chi connectivity index (χ4v) is 3.69. The second-order valence-corrected chi connectivity index (χ2v) is 8.22. The number of benzene rings is 1. The Balaban J connectivity index is 2.06. The highest BCUT2D eigenvalue weighted by Gasteiger charge is 2.25. The summed E-state index contributed by atoms with van der Waals surface area (Å²) < 4.78 is 12.0. The molecule has 0 spiro atoms. The molecule has 0 aromatic heterocycles. The molecule has 0 atom stereocenters. The van der Waals surface area contributed by atoms with Crippen molar-refractivity contribution in [1.82, 2.24) is 9.80 Å². The van der Waals surface area contributed by atoms with Crippen LogP contribution in [-0.2, 0) is 0 Å². The van der Waals surface area contributed by atoms with Gasteiger partial charge in [0.05, 0.1) is 13.2 Å². The number of piperidine rings is 1. The molecule has 1 aliphatic rings. The molecule has 29 heavy (non-hydrogen) atoms. The highest BCUT2D eigenvalue weighted by Crippen LogP contribution is 2.30. The van der Waals surface area contributed by atoms with Crippen LogP contribution in [0.4, 0.5) is 0 Å². The van der Waals surface area contributed by atoms with E-state index >= 15 is 0 Å². The van der Waals surface area contributed by atoms with Gasteiger partial charge in [-0.25, -0.2) is 0 Å². The minimum absolute atomic E-state index is 0.0653. The predicted octanol–water partition coefficient (Wildman–Crippen LogP) is 4.99. The first-order valence-electron chi connectivity index (χ1n) is 11.4. The van der Waals surface area contributed by atoms with Crippen LogP contribution in [0.15, 0.2) is 18.2 Å². The lowest BCUT2D eigenvalue weighted by Gasteiger charge is -2.35. The molecule has 0 N–H and O–H groups in total. The molecule has 1 saturated heterocycles. The molecule has 1 amide bonds. The lowest BCUT2D eigenvalue weighted by Crippen LogP contribution is -2.44. The van der Waals surface area contributed by atoms with Crippen molar-refractivity contribution in [3.05, 3.63) is 23.8 Å². The van der Waals surface area contributed by atoms with E-state index in [4.69, 9.17) is 9.47 Å². The molecule has 5 nitrogen and oxygen atoms in total. The Kier molecular flexibility index (Phi) is 10.3. The van der Waals surface area contributed by atoms with Crippen LogP contribution >= 0.6 is 0 Å². The van der Waals surface area contributed by atoms with Crippen LogP contribution in [0.3, 0.4) is 0 Å². The highest BCUT2D eigenvalue weighted by atomic mass is 16.5. The smallest absolute Gasteiger partial charge is 0.253 e. The van der Waals surface area contributed by atoms with Crippen LogP contribution in [-0.4, -0.2) is 62.1 Å². The van der Waals surface area contributed by atoms with Gasteiger partial charge in [0.15, 0.2) is 11.5 Å². The van der Waals surface area contributed by atoms with Crippen LogP contribution in [0.1, 0.15) is 75.6 Å². The summed E-state index contributed by atoms with van der Waals surface area (Å²) >= 11 is 0. The zero-order valence-corrected chi connectivity index (χ0v) is 18.9. The quantitative estimate of drug-likeness (QED) is 0.460. The second-order valence-electron chi connectivity index (χ2n) is 8.22. The van der Waals surface area contributed by atoms with Gasteiger partial charge in [0, 0.05) is 18.7 Å². The van der Waals surface area contributed by atoms with Crippen molar-refractivity contribution >= 4 is 5.91 Å². The van der Waals surface area contributed by atoms with Gasteiger partial charge >= 0.3 is 0 Å². The van der Waals surface area contributed by atoms with Crippen molar-refractivity contribution in [3.63, 3.8) is 0 Å². The van der Waals surface area contributed by atoms with Crippen LogP contribution in [0.5, 0.6) is 11.5 Å². The summed E-state index contributed by atoms with van der Waals surface area (Å²) in [7, 11) is 4.06. The van der Waals surface area contributed by atoms with Crippen molar-refractivity contribution in [2.24, 2.45) is 0 Å². The van der Waals surface area contributed by atoms with E-state index in [9.17, 15) is 4.79 Å². The van der Waals surface area contributed by atoms with Crippen LogP contribution < -0.4 is 9.47 Å². The summed E-state index contributed by atoms with van der Waals surface area (Å²) in [6, 6.07) is 5.95. The Hall–Kier alpha value is -1.75. The number of likely N-dealkylation sites (tertiary alicyclic amines) is 1. The Bertz CT molecular complexity index is 612. The minimum Gasteiger partial charge on any atom is -0.490 e. The normalized spacial score (nSPS) is 15.3. The second kappa shape index (κ2) is 12.7. The third-order valence-corrected chi connectivity index (χ3v) is 5.76. The standard InChI is InChI=1S/C24H40N2O3/c1-5-7-9-17-28-22-12-11-20(19-23(22)29-18-10-8-6-2)24(27)26(4)21-13-15-25(3)16-14-21/h11-12,19,21H,5-10,13-18H2,1-4H3. The number of nitrogens with zero attached hydrogens (tertiary/aromatic N) is 2. The van der Waals surface area contributed by atoms with E-state index in [1.807, 2.05) is 30.1 Å². The highest BCUT2D eigenvalue weighted by molar-refractivity contribution is 5.95. The molecule has 1 aromatic carbocycles. The average Bonchev–Trinajstić information content (AvgIpc) is 2.74. The van der Waals surface area contributed by atoms with E-state index in [0.717, 1.165) is 63.8 Å². The number of hydrogen-bond acceptors (Lipinski definition) is 4. The van der Waals surface area contributed by atoms with Gasteiger partial charge in [-0.1, -0.05) is 39.5 Å². The van der Waals surface area contributed by atoms with Crippen molar-refractivity contribution < 1.29 is 14.3 Å². The first-order chi connectivity index (χ1) is 14.1. The number of rotatable bonds is 12. The lowest BCUT2D eigenvalue weighted by molar-refractivity contribution is 0.0659.